The molecule has 1 atom stereocenters. The van der Waals surface area contributed by atoms with Crippen molar-refractivity contribution in [3.8, 4) is 0 Å². The van der Waals surface area contributed by atoms with Gasteiger partial charge in [-0.3, -0.25) is 4.90 Å². The minimum absolute atomic E-state index is 0.133. The summed E-state index contributed by atoms with van der Waals surface area (Å²) in [5.41, 5.74) is 3.57. The van der Waals surface area contributed by atoms with Crippen molar-refractivity contribution in [2.24, 2.45) is 0 Å². The minimum atomic E-state index is -0.213. The van der Waals surface area contributed by atoms with Crippen molar-refractivity contribution >= 4 is 11.3 Å². The first kappa shape index (κ1) is 22.2. The summed E-state index contributed by atoms with van der Waals surface area (Å²) in [6, 6.07) is 19.5. The number of ether oxygens (including phenoxy) is 1. The standard InChI is InChI=1S/C26H31FN2OS/c27-25-10-8-23(9-11-25)26(24-12-20-31-21-24)30-19-18-29-16-14-28(15-17-29)13-4-7-22-5-2-1-3-6-22/h1-3,5-6,8-12,20-21,26H,4,7,13-19H2. The van der Waals surface area contributed by atoms with Crippen LogP contribution in [0.3, 0.4) is 0 Å². The number of halogens is 1. The molecule has 1 unspecified atom stereocenters. The summed E-state index contributed by atoms with van der Waals surface area (Å²) in [6.45, 7) is 7.21. The van der Waals surface area contributed by atoms with Gasteiger partial charge in [0.2, 0.25) is 0 Å². The Morgan fingerprint density at radius 3 is 2.23 bits per heavy atom. The number of nitrogens with zero attached hydrogens (tertiary/aromatic N) is 2. The quantitative estimate of drug-likeness (QED) is 0.430. The highest BCUT2D eigenvalue weighted by molar-refractivity contribution is 7.08. The summed E-state index contributed by atoms with van der Waals surface area (Å²) in [4.78, 5) is 5.07. The lowest BCUT2D eigenvalue weighted by atomic mass is 10.0. The third-order valence-electron chi connectivity index (χ3n) is 5.96. The van der Waals surface area contributed by atoms with E-state index >= 15 is 0 Å². The van der Waals surface area contributed by atoms with Crippen LogP contribution in [-0.2, 0) is 11.2 Å². The number of benzene rings is 2. The second kappa shape index (κ2) is 11.5. The summed E-state index contributed by atoms with van der Waals surface area (Å²) in [7, 11) is 0. The Morgan fingerprint density at radius 2 is 1.55 bits per heavy atom. The van der Waals surface area contributed by atoms with Gasteiger partial charge in [0.25, 0.3) is 0 Å². The molecule has 4 rings (SSSR count). The second-order valence-corrected chi connectivity index (χ2v) is 8.91. The zero-order valence-electron chi connectivity index (χ0n) is 18.0. The molecule has 0 radical (unpaired) electrons. The number of thiophene rings is 1. The minimum Gasteiger partial charge on any atom is -0.367 e. The molecule has 0 spiro atoms. The van der Waals surface area contributed by atoms with E-state index in [1.54, 1.807) is 11.3 Å². The molecule has 2 heterocycles. The van der Waals surface area contributed by atoms with E-state index in [0.29, 0.717) is 6.61 Å². The molecule has 0 bridgehead atoms. The summed E-state index contributed by atoms with van der Waals surface area (Å²) in [6.07, 6.45) is 2.24. The van der Waals surface area contributed by atoms with Crippen molar-refractivity contribution in [2.45, 2.75) is 18.9 Å². The molecule has 1 saturated heterocycles. The normalized spacial score (nSPS) is 16.4. The van der Waals surface area contributed by atoms with Crippen molar-refractivity contribution in [1.29, 1.82) is 0 Å². The topological polar surface area (TPSA) is 15.7 Å². The predicted octanol–water partition coefficient (Wildman–Crippen LogP) is 5.24. The number of piperazine rings is 1. The highest BCUT2D eigenvalue weighted by Gasteiger charge is 2.19. The van der Waals surface area contributed by atoms with Crippen molar-refractivity contribution in [3.05, 3.63) is 93.9 Å². The van der Waals surface area contributed by atoms with Crippen LogP contribution in [0.25, 0.3) is 0 Å². The summed E-state index contributed by atoms with van der Waals surface area (Å²) in [5.74, 6) is -0.213. The van der Waals surface area contributed by atoms with E-state index in [1.807, 2.05) is 12.1 Å². The fourth-order valence-electron chi connectivity index (χ4n) is 4.13. The highest BCUT2D eigenvalue weighted by atomic mass is 32.1. The molecule has 3 aromatic rings. The zero-order chi connectivity index (χ0) is 21.3. The van der Waals surface area contributed by atoms with E-state index in [1.165, 1.54) is 30.7 Å². The maximum atomic E-state index is 13.3. The first-order valence-electron chi connectivity index (χ1n) is 11.2. The lowest BCUT2D eigenvalue weighted by Crippen LogP contribution is -2.47. The van der Waals surface area contributed by atoms with Crippen LogP contribution in [0.4, 0.5) is 4.39 Å². The van der Waals surface area contributed by atoms with Gasteiger partial charge < -0.3 is 9.64 Å². The monoisotopic (exact) mass is 438 g/mol. The molecular weight excluding hydrogens is 407 g/mol. The molecule has 1 fully saturated rings. The fourth-order valence-corrected chi connectivity index (χ4v) is 4.81. The Bertz CT molecular complexity index is 878. The van der Waals surface area contributed by atoms with Gasteiger partial charge in [-0.1, -0.05) is 42.5 Å². The first-order valence-corrected chi connectivity index (χ1v) is 12.1. The van der Waals surface area contributed by atoms with Gasteiger partial charge in [0.05, 0.1) is 6.61 Å². The lowest BCUT2D eigenvalue weighted by molar-refractivity contribution is 0.0453. The fraction of sp³-hybridized carbons (Fsp3) is 0.385. The van der Waals surface area contributed by atoms with E-state index in [0.717, 1.165) is 50.3 Å². The maximum absolute atomic E-state index is 13.3. The van der Waals surface area contributed by atoms with E-state index < -0.39 is 0 Å². The Hall–Kier alpha value is -2.05. The van der Waals surface area contributed by atoms with Crippen LogP contribution in [0.5, 0.6) is 0 Å². The Balaban J connectivity index is 1.18. The van der Waals surface area contributed by atoms with Gasteiger partial charge in [-0.05, 0) is 65.0 Å². The van der Waals surface area contributed by atoms with Gasteiger partial charge in [-0.2, -0.15) is 11.3 Å². The largest absolute Gasteiger partial charge is 0.367 e. The molecule has 0 N–H and O–H groups in total. The second-order valence-electron chi connectivity index (χ2n) is 8.13. The Kier molecular flexibility index (Phi) is 8.24. The van der Waals surface area contributed by atoms with Crippen LogP contribution in [0.2, 0.25) is 0 Å². The molecular formula is C26H31FN2OS. The predicted molar refractivity (Wildman–Crippen MR) is 126 cm³/mol. The number of hydrogen-bond donors (Lipinski definition) is 0. The number of aryl methyl sites for hydroxylation is 1. The van der Waals surface area contributed by atoms with E-state index in [2.05, 4.69) is 57.0 Å². The maximum Gasteiger partial charge on any atom is 0.123 e. The van der Waals surface area contributed by atoms with E-state index in [9.17, 15) is 4.39 Å². The molecule has 0 aliphatic carbocycles. The molecule has 3 nitrogen and oxygen atoms in total. The average molecular weight is 439 g/mol. The van der Waals surface area contributed by atoms with Gasteiger partial charge in [0.15, 0.2) is 0 Å². The van der Waals surface area contributed by atoms with E-state index in [-0.39, 0.29) is 11.9 Å². The summed E-state index contributed by atoms with van der Waals surface area (Å²) < 4.78 is 19.6. The number of rotatable bonds is 10. The van der Waals surface area contributed by atoms with Gasteiger partial charge >= 0.3 is 0 Å². The van der Waals surface area contributed by atoms with Crippen LogP contribution in [0.15, 0.2) is 71.4 Å². The molecule has 31 heavy (non-hydrogen) atoms. The Labute approximate surface area is 189 Å². The Morgan fingerprint density at radius 1 is 0.839 bits per heavy atom. The lowest BCUT2D eigenvalue weighted by Gasteiger charge is -2.35. The van der Waals surface area contributed by atoms with Crippen LogP contribution in [0.1, 0.15) is 29.2 Å². The first-order chi connectivity index (χ1) is 15.3. The SMILES string of the molecule is Fc1ccc(C(OCCN2CCN(CCCc3ccccc3)CC2)c2ccsc2)cc1. The van der Waals surface area contributed by atoms with Gasteiger partial charge in [0.1, 0.15) is 11.9 Å². The van der Waals surface area contributed by atoms with Crippen LogP contribution in [-0.4, -0.2) is 55.7 Å². The molecule has 1 aliphatic heterocycles. The van der Waals surface area contributed by atoms with E-state index in [4.69, 9.17) is 4.74 Å². The van der Waals surface area contributed by atoms with Crippen molar-refractivity contribution < 1.29 is 9.13 Å². The summed E-state index contributed by atoms with van der Waals surface area (Å²) in [5, 5.41) is 4.18. The summed E-state index contributed by atoms with van der Waals surface area (Å²) >= 11 is 1.66. The molecule has 1 aliphatic rings. The number of hydrogen-bond acceptors (Lipinski definition) is 4. The molecule has 0 saturated carbocycles. The van der Waals surface area contributed by atoms with Crippen molar-refractivity contribution in [2.75, 3.05) is 45.9 Å². The molecule has 0 amide bonds. The molecule has 164 valence electrons. The smallest absolute Gasteiger partial charge is 0.123 e. The zero-order valence-corrected chi connectivity index (χ0v) is 18.8. The third-order valence-corrected chi connectivity index (χ3v) is 6.66. The van der Waals surface area contributed by atoms with Crippen molar-refractivity contribution in [1.82, 2.24) is 9.80 Å². The molecule has 1 aromatic heterocycles. The highest BCUT2D eigenvalue weighted by Crippen LogP contribution is 2.28. The third kappa shape index (κ3) is 6.71. The van der Waals surface area contributed by atoms with Gasteiger partial charge in [-0.15, -0.1) is 0 Å². The van der Waals surface area contributed by atoms with Gasteiger partial charge in [0, 0.05) is 32.7 Å². The molecule has 2 aromatic carbocycles. The average Bonchev–Trinajstić information content (AvgIpc) is 3.34. The van der Waals surface area contributed by atoms with Gasteiger partial charge in [-0.25, -0.2) is 4.39 Å². The van der Waals surface area contributed by atoms with Crippen LogP contribution >= 0.6 is 11.3 Å². The van der Waals surface area contributed by atoms with Crippen molar-refractivity contribution in [3.63, 3.8) is 0 Å². The van der Waals surface area contributed by atoms with Crippen LogP contribution < -0.4 is 0 Å². The van der Waals surface area contributed by atoms with Crippen LogP contribution in [0, 0.1) is 5.82 Å². The molecule has 5 heteroatoms.